The number of hydrogen-bond donors (Lipinski definition) is 1. The number of anilines is 2. The highest BCUT2D eigenvalue weighted by molar-refractivity contribution is 9.10. The van der Waals surface area contributed by atoms with Crippen LogP contribution in [-0.2, 0) is 0 Å². The van der Waals surface area contributed by atoms with E-state index in [0.717, 1.165) is 10.3 Å². The molecule has 2 unspecified atom stereocenters. The Morgan fingerprint density at radius 1 is 1.56 bits per heavy atom. The van der Waals surface area contributed by atoms with Crippen LogP contribution in [0.15, 0.2) is 16.7 Å². The third kappa shape index (κ3) is 2.03. The molecule has 2 heterocycles. The van der Waals surface area contributed by atoms with E-state index in [9.17, 15) is 0 Å². The zero-order chi connectivity index (χ0) is 11.7. The number of nitrogen functional groups attached to an aromatic ring is 1. The van der Waals surface area contributed by atoms with Gasteiger partial charge >= 0.3 is 0 Å². The van der Waals surface area contributed by atoms with Crippen LogP contribution in [0.1, 0.15) is 33.1 Å². The third-order valence-corrected chi connectivity index (χ3v) is 3.93. The van der Waals surface area contributed by atoms with E-state index in [0.29, 0.717) is 17.8 Å². The average Bonchev–Trinajstić information content (AvgIpc) is 2.60. The number of halogens is 1. The molecule has 0 aromatic carbocycles. The lowest BCUT2D eigenvalue weighted by Crippen LogP contribution is -2.35. The predicted octanol–water partition coefficient (Wildman–Crippen LogP) is 3.19. The van der Waals surface area contributed by atoms with Crippen LogP contribution in [0.4, 0.5) is 11.5 Å². The molecule has 2 N–H and O–H groups in total. The summed E-state index contributed by atoms with van der Waals surface area (Å²) in [7, 11) is 0. The van der Waals surface area contributed by atoms with Crippen LogP contribution in [0, 0.1) is 0 Å². The molecule has 0 bridgehead atoms. The number of rotatable bonds is 2. The van der Waals surface area contributed by atoms with Crippen LogP contribution in [0.3, 0.4) is 0 Å². The molecule has 0 radical (unpaired) electrons. The van der Waals surface area contributed by atoms with Crippen molar-refractivity contribution in [3.63, 3.8) is 0 Å². The van der Waals surface area contributed by atoms with Gasteiger partial charge in [-0.3, -0.25) is 0 Å². The molecule has 1 aliphatic heterocycles. The topological polar surface area (TPSA) is 42.2 Å². The lowest BCUT2D eigenvalue weighted by molar-refractivity contribution is 0.620. The largest absolute Gasteiger partial charge is 0.397 e. The first-order chi connectivity index (χ1) is 7.63. The number of nitrogens with zero attached hydrogens (tertiary/aromatic N) is 2. The Hall–Kier alpha value is -0.770. The molecule has 0 saturated carbocycles. The van der Waals surface area contributed by atoms with Gasteiger partial charge in [0.2, 0.25) is 0 Å². The Balaban J connectivity index is 2.34. The Morgan fingerprint density at radius 2 is 2.31 bits per heavy atom. The van der Waals surface area contributed by atoms with Gasteiger partial charge in [0.25, 0.3) is 0 Å². The van der Waals surface area contributed by atoms with Gasteiger partial charge in [0.05, 0.1) is 16.4 Å². The van der Waals surface area contributed by atoms with Gasteiger partial charge in [-0.2, -0.15) is 0 Å². The maximum Gasteiger partial charge on any atom is 0.143 e. The van der Waals surface area contributed by atoms with E-state index in [1.165, 1.54) is 19.3 Å². The summed E-state index contributed by atoms with van der Waals surface area (Å²) >= 11 is 3.56. The van der Waals surface area contributed by atoms with E-state index in [-0.39, 0.29) is 0 Å². The van der Waals surface area contributed by atoms with Crippen molar-refractivity contribution in [3.05, 3.63) is 16.7 Å². The number of hydrogen-bond acceptors (Lipinski definition) is 3. The molecule has 1 fully saturated rings. The van der Waals surface area contributed by atoms with Gasteiger partial charge < -0.3 is 10.6 Å². The average molecular weight is 284 g/mol. The minimum atomic E-state index is 0.567. The zero-order valence-corrected chi connectivity index (χ0v) is 11.4. The minimum absolute atomic E-state index is 0.567. The second kappa shape index (κ2) is 4.62. The predicted molar refractivity (Wildman–Crippen MR) is 71.6 cm³/mol. The van der Waals surface area contributed by atoms with Gasteiger partial charge in [0, 0.05) is 12.1 Å². The van der Waals surface area contributed by atoms with Crippen LogP contribution in [0.2, 0.25) is 0 Å². The monoisotopic (exact) mass is 283 g/mol. The summed E-state index contributed by atoms with van der Waals surface area (Å²) in [5, 5.41) is 0. The lowest BCUT2D eigenvalue weighted by atomic mass is 10.1. The lowest BCUT2D eigenvalue weighted by Gasteiger charge is -2.30. The summed E-state index contributed by atoms with van der Waals surface area (Å²) in [6, 6.07) is 3.11. The smallest absolute Gasteiger partial charge is 0.143 e. The van der Waals surface area contributed by atoms with Crippen molar-refractivity contribution in [2.75, 3.05) is 10.6 Å². The van der Waals surface area contributed by atoms with Gasteiger partial charge in [-0.25, -0.2) is 4.98 Å². The molecule has 1 aromatic rings. The molecular weight excluding hydrogens is 266 g/mol. The molecule has 3 nitrogen and oxygen atoms in total. The molecule has 0 spiro atoms. The van der Waals surface area contributed by atoms with Crippen molar-refractivity contribution in [2.24, 2.45) is 0 Å². The van der Waals surface area contributed by atoms with Crippen LogP contribution < -0.4 is 10.6 Å². The van der Waals surface area contributed by atoms with Crippen LogP contribution in [-0.4, -0.2) is 17.1 Å². The SMILES string of the molecule is CCC1CCC(C)N1c1ncc(N)cc1Br. The zero-order valence-electron chi connectivity index (χ0n) is 9.78. The highest BCUT2D eigenvalue weighted by Gasteiger charge is 2.31. The molecule has 16 heavy (non-hydrogen) atoms. The van der Waals surface area contributed by atoms with E-state index in [4.69, 9.17) is 5.73 Å². The molecule has 1 saturated heterocycles. The fourth-order valence-corrected chi connectivity index (χ4v) is 3.06. The van der Waals surface area contributed by atoms with Gasteiger partial charge in [-0.05, 0) is 48.2 Å². The van der Waals surface area contributed by atoms with Crippen molar-refractivity contribution in [2.45, 2.75) is 45.2 Å². The Morgan fingerprint density at radius 3 is 2.94 bits per heavy atom. The maximum absolute atomic E-state index is 5.72. The van der Waals surface area contributed by atoms with Crippen LogP contribution >= 0.6 is 15.9 Å². The molecule has 4 heteroatoms. The summed E-state index contributed by atoms with van der Waals surface area (Å²) < 4.78 is 1.000. The first-order valence-corrected chi connectivity index (χ1v) is 6.62. The van der Waals surface area contributed by atoms with Crippen LogP contribution in [0.5, 0.6) is 0 Å². The van der Waals surface area contributed by atoms with Crippen molar-refractivity contribution < 1.29 is 0 Å². The van der Waals surface area contributed by atoms with E-state index in [2.05, 4.69) is 39.7 Å². The van der Waals surface area contributed by atoms with Gasteiger partial charge in [-0.15, -0.1) is 0 Å². The molecule has 0 amide bonds. The molecule has 88 valence electrons. The summed E-state index contributed by atoms with van der Waals surface area (Å²) in [5.74, 6) is 1.03. The quantitative estimate of drug-likeness (QED) is 0.906. The first kappa shape index (κ1) is 11.7. The molecule has 2 rings (SSSR count). The Bertz CT molecular complexity index is 381. The fourth-order valence-electron chi connectivity index (χ4n) is 2.49. The maximum atomic E-state index is 5.72. The summed E-state index contributed by atoms with van der Waals surface area (Å²) in [6.45, 7) is 4.50. The molecule has 1 aromatic heterocycles. The van der Waals surface area contributed by atoms with E-state index in [1.807, 2.05) is 6.07 Å². The standard InChI is InChI=1S/C12H18BrN3/c1-3-10-5-4-8(2)16(10)12-11(13)6-9(14)7-15-12/h6-8,10H,3-5,14H2,1-2H3. The Labute approximate surface area is 105 Å². The minimum Gasteiger partial charge on any atom is -0.397 e. The third-order valence-electron chi connectivity index (χ3n) is 3.34. The van der Waals surface area contributed by atoms with E-state index in [1.54, 1.807) is 6.20 Å². The van der Waals surface area contributed by atoms with Crippen molar-refractivity contribution in [1.29, 1.82) is 0 Å². The van der Waals surface area contributed by atoms with E-state index >= 15 is 0 Å². The number of pyridine rings is 1. The Kier molecular flexibility index (Phi) is 3.38. The van der Waals surface area contributed by atoms with Crippen molar-refractivity contribution in [3.8, 4) is 0 Å². The normalized spacial score (nSPS) is 25.1. The highest BCUT2D eigenvalue weighted by atomic mass is 79.9. The summed E-state index contributed by atoms with van der Waals surface area (Å²) in [6.07, 6.45) is 5.41. The molecule has 0 aliphatic carbocycles. The van der Waals surface area contributed by atoms with E-state index < -0.39 is 0 Å². The summed E-state index contributed by atoms with van der Waals surface area (Å²) in [5.41, 5.74) is 6.42. The molecular formula is C12H18BrN3. The second-order valence-electron chi connectivity index (χ2n) is 4.47. The highest BCUT2D eigenvalue weighted by Crippen LogP contribution is 2.35. The van der Waals surface area contributed by atoms with Crippen LogP contribution in [0.25, 0.3) is 0 Å². The molecule has 1 aliphatic rings. The van der Waals surface area contributed by atoms with Crippen molar-refractivity contribution >= 4 is 27.4 Å². The molecule has 2 atom stereocenters. The van der Waals surface area contributed by atoms with Gasteiger partial charge in [0.15, 0.2) is 0 Å². The van der Waals surface area contributed by atoms with Crippen molar-refractivity contribution in [1.82, 2.24) is 4.98 Å². The first-order valence-electron chi connectivity index (χ1n) is 5.82. The number of nitrogens with two attached hydrogens (primary N) is 1. The fraction of sp³-hybridized carbons (Fsp3) is 0.583. The second-order valence-corrected chi connectivity index (χ2v) is 5.32. The van der Waals surface area contributed by atoms with Gasteiger partial charge in [-0.1, -0.05) is 6.92 Å². The number of aromatic nitrogens is 1. The summed E-state index contributed by atoms with van der Waals surface area (Å²) in [4.78, 5) is 6.88. The van der Waals surface area contributed by atoms with Gasteiger partial charge in [0.1, 0.15) is 5.82 Å².